The van der Waals surface area contributed by atoms with Crippen LogP contribution in [0.15, 0.2) is 79.0 Å². The molecule has 1 aliphatic heterocycles. The Hall–Kier alpha value is -4.25. The molecule has 0 saturated carbocycles. The van der Waals surface area contributed by atoms with E-state index in [1.165, 1.54) is 11.3 Å². The zero-order chi connectivity index (χ0) is 26.4. The average molecular weight is 538 g/mol. The molecule has 4 heterocycles. The number of para-hydroxylation sites is 1. The lowest BCUT2D eigenvalue weighted by Gasteiger charge is -2.26. The van der Waals surface area contributed by atoms with Gasteiger partial charge in [-0.25, -0.2) is 19.9 Å². The number of fused-ring (bicyclic) bond motifs is 1. The molecule has 5 aromatic rings. The van der Waals surface area contributed by atoms with Gasteiger partial charge in [0.2, 0.25) is 0 Å². The zero-order valence-corrected chi connectivity index (χ0v) is 22.0. The number of aromatic nitrogens is 4. The fourth-order valence-corrected chi connectivity index (χ4v) is 5.33. The second-order valence-electron chi connectivity index (χ2n) is 9.06. The van der Waals surface area contributed by atoms with Crippen LogP contribution in [0.1, 0.15) is 10.5 Å². The first-order chi connectivity index (χ1) is 19.2. The number of hydrogen-bond donors (Lipinski definition) is 2. The Labute approximate surface area is 229 Å². The molecule has 6 rings (SSSR count). The first-order valence-electron chi connectivity index (χ1n) is 12.8. The maximum absolute atomic E-state index is 13.5. The summed E-state index contributed by atoms with van der Waals surface area (Å²) in [7, 11) is 0. The maximum atomic E-state index is 13.5. The predicted molar refractivity (Wildman–Crippen MR) is 154 cm³/mol. The summed E-state index contributed by atoms with van der Waals surface area (Å²) in [4.78, 5) is 35.2. The molecule has 1 amide bonds. The lowest BCUT2D eigenvalue weighted by atomic mass is 10.1. The first-order valence-corrected chi connectivity index (χ1v) is 13.7. The van der Waals surface area contributed by atoms with Crippen molar-refractivity contribution >= 4 is 39.1 Å². The van der Waals surface area contributed by atoms with Gasteiger partial charge in [-0.05, 0) is 24.3 Å². The lowest BCUT2D eigenvalue weighted by Crippen LogP contribution is -2.39. The number of nitrogens with zero attached hydrogens (tertiary/aromatic N) is 5. The highest BCUT2D eigenvalue weighted by Crippen LogP contribution is 2.33. The second kappa shape index (κ2) is 11.6. The van der Waals surface area contributed by atoms with Gasteiger partial charge in [-0.2, -0.15) is 0 Å². The van der Waals surface area contributed by atoms with Crippen LogP contribution in [0.3, 0.4) is 0 Å². The summed E-state index contributed by atoms with van der Waals surface area (Å²) in [6.07, 6.45) is 1.75. The van der Waals surface area contributed by atoms with Crippen LogP contribution in [-0.2, 0) is 4.74 Å². The monoisotopic (exact) mass is 537 g/mol. The van der Waals surface area contributed by atoms with Gasteiger partial charge in [0.1, 0.15) is 26.9 Å². The Morgan fingerprint density at radius 1 is 0.949 bits per heavy atom. The number of thiazole rings is 1. The molecular formula is C29H27N7O2S. The van der Waals surface area contributed by atoms with Crippen molar-refractivity contribution in [2.75, 3.05) is 50.0 Å². The van der Waals surface area contributed by atoms with Gasteiger partial charge in [-0.3, -0.25) is 9.69 Å². The molecular weight excluding hydrogens is 510 g/mol. The molecule has 0 radical (unpaired) electrons. The van der Waals surface area contributed by atoms with Crippen LogP contribution in [-0.4, -0.2) is 70.1 Å². The Kier molecular flexibility index (Phi) is 7.48. The summed E-state index contributed by atoms with van der Waals surface area (Å²) in [6, 6.07) is 22.8. The van der Waals surface area contributed by atoms with Crippen LogP contribution in [0, 0.1) is 0 Å². The van der Waals surface area contributed by atoms with Crippen molar-refractivity contribution in [1.29, 1.82) is 0 Å². The van der Waals surface area contributed by atoms with E-state index >= 15 is 0 Å². The van der Waals surface area contributed by atoms with E-state index in [1.54, 1.807) is 12.3 Å². The summed E-state index contributed by atoms with van der Waals surface area (Å²) in [5.74, 6) is 0.771. The summed E-state index contributed by atoms with van der Waals surface area (Å²) >= 11 is 1.49. The minimum atomic E-state index is -0.322. The smallest absolute Gasteiger partial charge is 0.274 e. The van der Waals surface area contributed by atoms with Crippen LogP contribution in [0.4, 0.5) is 11.5 Å². The summed E-state index contributed by atoms with van der Waals surface area (Å²) in [5.41, 5.74) is 3.43. The molecule has 0 unspecified atom stereocenters. The molecule has 10 heteroatoms. The van der Waals surface area contributed by atoms with Crippen molar-refractivity contribution in [2.45, 2.75) is 0 Å². The molecule has 0 bridgehead atoms. The highest BCUT2D eigenvalue weighted by Gasteiger charge is 2.17. The molecule has 2 aromatic carbocycles. The summed E-state index contributed by atoms with van der Waals surface area (Å²) in [6.45, 7) is 4.90. The summed E-state index contributed by atoms with van der Waals surface area (Å²) < 4.78 is 5.44. The van der Waals surface area contributed by atoms with Gasteiger partial charge in [0, 0.05) is 49.6 Å². The number of carbonyl (C=O) groups excluding carboxylic acids is 1. The Morgan fingerprint density at radius 3 is 2.62 bits per heavy atom. The Morgan fingerprint density at radius 2 is 1.77 bits per heavy atom. The normalized spacial score (nSPS) is 13.8. The van der Waals surface area contributed by atoms with Crippen molar-refractivity contribution in [3.63, 3.8) is 0 Å². The van der Waals surface area contributed by atoms with E-state index in [0.29, 0.717) is 23.9 Å². The Balaban J connectivity index is 1.26. The van der Waals surface area contributed by atoms with Gasteiger partial charge in [0.05, 0.1) is 18.9 Å². The topological polar surface area (TPSA) is 105 Å². The number of nitrogens with one attached hydrogen (secondary N) is 2. The minimum Gasteiger partial charge on any atom is -0.379 e. The molecule has 1 aliphatic rings. The fraction of sp³-hybridized carbons (Fsp3) is 0.207. The highest BCUT2D eigenvalue weighted by atomic mass is 32.1. The van der Waals surface area contributed by atoms with E-state index in [9.17, 15) is 4.79 Å². The third-order valence-corrected chi connectivity index (χ3v) is 7.41. The van der Waals surface area contributed by atoms with Crippen molar-refractivity contribution in [2.24, 2.45) is 0 Å². The number of ether oxygens (including phenoxy) is 1. The SMILES string of the molecule is O=C(Nc1ccccc1-c1nc2cccnc2s1)c1cc(NCCN2CCOCC2)nc(-c2ccccc2)n1. The van der Waals surface area contributed by atoms with Gasteiger partial charge in [-0.15, -0.1) is 0 Å². The van der Waals surface area contributed by atoms with Crippen LogP contribution in [0.25, 0.3) is 32.3 Å². The molecule has 3 aromatic heterocycles. The van der Waals surface area contributed by atoms with Gasteiger partial charge in [0.15, 0.2) is 5.82 Å². The molecule has 1 saturated heterocycles. The van der Waals surface area contributed by atoms with Crippen LogP contribution in [0.2, 0.25) is 0 Å². The van der Waals surface area contributed by atoms with Gasteiger partial charge >= 0.3 is 0 Å². The van der Waals surface area contributed by atoms with Crippen molar-refractivity contribution in [1.82, 2.24) is 24.8 Å². The molecule has 1 fully saturated rings. The maximum Gasteiger partial charge on any atom is 0.274 e. The number of morpholine rings is 1. The number of amides is 1. The van der Waals surface area contributed by atoms with Crippen LogP contribution < -0.4 is 10.6 Å². The molecule has 0 spiro atoms. The third-order valence-electron chi connectivity index (χ3n) is 6.40. The Bertz CT molecular complexity index is 1550. The number of pyridine rings is 1. The number of anilines is 2. The molecule has 2 N–H and O–H groups in total. The molecule has 9 nitrogen and oxygen atoms in total. The molecule has 0 atom stereocenters. The quantitative estimate of drug-likeness (QED) is 0.291. The largest absolute Gasteiger partial charge is 0.379 e. The first kappa shape index (κ1) is 25.1. The van der Waals surface area contributed by atoms with E-state index in [1.807, 2.05) is 66.7 Å². The third kappa shape index (κ3) is 5.93. The highest BCUT2D eigenvalue weighted by molar-refractivity contribution is 7.21. The van der Waals surface area contributed by atoms with Crippen molar-refractivity contribution in [3.05, 3.63) is 84.7 Å². The van der Waals surface area contributed by atoms with E-state index in [2.05, 4.69) is 25.5 Å². The number of hydrogen-bond acceptors (Lipinski definition) is 9. The second-order valence-corrected chi connectivity index (χ2v) is 10.0. The lowest BCUT2D eigenvalue weighted by molar-refractivity contribution is 0.0398. The van der Waals surface area contributed by atoms with Crippen LogP contribution >= 0.6 is 11.3 Å². The molecule has 0 aliphatic carbocycles. The van der Waals surface area contributed by atoms with Gasteiger partial charge in [0.25, 0.3) is 5.91 Å². The van der Waals surface area contributed by atoms with Crippen molar-refractivity contribution in [3.8, 4) is 22.0 Å². The molecule has 196 valence electrons. The van der Waals surface area contributed by atoms with Gasteiger partial charge < -0.3 is 15.4 Å². The van der Waals surface area contributed by atoms with Gasteiger partial charge in [-0.1, -0.05) is 53.8 Å². The number of rotatable bonds is 8. The molecule has 39 heavy (non-hydrogen) atoms. The van der Waals surface area contributed by atoms with E-state index in [0.717, 1.165) is 59.3 Å². The number of benzene rings is 2. The van der Waals surface area contributed by atoms with E-state index < -0.39 is 0 Å². The minimum absolute atomic E-state index is 0.276. The van der Waals surface area contributed by atoms with E-state index in [4.69, 9.17) is 14.7 Å². The standard InChI is InChI=1S/C29H27N7O2S/c37-27(33-22-10-5-4-9-21(22)28-34-23-11-6-12-31-29(23)39-28)24-19-25(30-13-14-36-15-17-38-18-16-36)35-26(32-24)20-7-2-1-3-8-20/h1-12,19H,13-18H2,(H,33,37)(H,30,32,35). The fourth-order valence-electron chi connectivity index (χ4n) is 4.39. The number of carbonyl (C=O) groups is 1. The predicted octanol–water partition coefficient (Wildman–Crippen LogP) is 4.81. The van der Waals surface area contributed by atoms with Crippen LogP contribution in [0.5, 0.6) is 0 Å². The summed E-state index contributed by atoms with van der Waals surface area (Å²) in [5, 5.41) is 7.22. The average Bonchev–Trinajstić information content (AvgIpc) is 3.43. The van der Waals surface area contributed by atoms with E-state index in [-0.39, 0.29) is 11.6 Å². The zero-order valence-electron chi connectivity index (χ0n) is 21.2. The van der Waals surface area contributed by atoms with Crippen molar-refractivity contribution < 1.29 is 9.53 Å².